The monoisotopic (exact) mass is 206 g/mol. The number of hydrogen-bond donors (Lipinski definition) is 2. The third-order valence-electron chi connectivity index (χ3n) is 2.80. The summed E-state index contributed by atoms with van der Waals surface area (Å²) in [5, 5.41) is 0. The Labute approximate surface area is 80.5 Å². The molecule has 0 amide bonds. The van der Waals surface area contributed by atoms with Gasteiger partial charge < -0.3 is 11.5 Å². The molecule has 0 aliphatic heterocycles. The zero-order valence-corrected chi connectivity index (χ0v) is 8.02. The molecule has 5 heteroatoms. The molecule has 80 valence electrons. The average Bonchev–Trinajstić information content (AvgIpc) is 2.06. The molecule has 1 aliphatic rings. The molecule has 0 heterocycles. The first-order valence-electron chi connectivity index (χ1n) is 4.18. The summed E-state index contributed by atoms with van der Waals surface area (Å²) in [6.45, 7) is 2.46. The van der Waals surface area contributed by atoms with Crippen LogP contribution in [0.25, 0.3) is 0 Å². The molecule has 1 rings (SSSR count). The molecule has 1 aliphatic carbocycles. The second kappa shape index (κ2) is 3.02. The van der Waals surface area contributed by atoms with Crippen LogP contribution >= 0.6 is 0 Å². The van der Waals surface area contributed by atoms with E-state index in [-0.39, 0.29) is 11.3 Å². The highest BCUT2D eigenvalue weighted by molar-refractivity contribution is 5.35. The van der Waals surface area contributed by atoms with E-state index < -0.39 is 17.6 Å². The zero-order valence-electron chi connectivity index (χ0n) is 8.02. The predicted octanol–water partition coefficient (Wildman–Crippen LogP) is 1.68. The summed E-state index contributed by atoms with van der Waals surface area (Å²) in [7, 11) is 0. The molecule has 0 aromatic rings. The smallest absolute Gasteiger partial charge is 0.401 e. The first kappa shape index (κ1) is 11.1. The summed E-state index contributed by atoms with van der Waals surface area (Å²) >= 11 is 0. The first-order chi connectivity index (χ1) is 6.20. The third-order valence-corrected chi connectivity index (χ3v) is 2.80. The predicted molar refractivity (Wildman–Crippen MR) is 48.2 cm³/mol. The van der Waals surface area contributed by atoms with Crippen LogP contribution in [-0.4, -0.2) is 12.2 Å². The van der Waals surface area contributed by atoms with Gasteiger partial charge in [0.15, 0.2) is 0 Å². The molecular formula is C9H13F3N2. The molecule has 2 atom stereocenters. The molecular weight excluding hydrogens is 193 g/mol. The minimum absolute atomic E-state index is 0.0833. The Morgan fingerprint density at radius 2 is 1.93 bits per heavy atom. The van der Waals surface area contributed by atoms with E-state index in [9.17, 15) is 13.2 Å². The fraction of sp³-hybridized carbons (Fsp3) is 0.556. The highest BCUT2D eigenvalue weighted by atomic mass is 19.4. The first-order valence-corrected chi connectivity index (χ1v) is 4.18. The Balaban J connectivity index is 3.22. The van der Waals surface area contributed by atoms with E-state index >= 15 is 0 Å². The molecule has 4 N–H and O–H groups in total. The number of alkyl halides is 3. The Bertz CT molecular complexity index is 304. The maximum atomic E-state index is 12.7. The number of nitrogens with two attached hydrogens (primary N) is 2. The van der Waals surface area contributed by atoms with Gasteiger partial charge in [0.2, 0.25) is 0 Å². The fourth-order valence-electron chi connectivity index (χ4n) is 1.38. The lowest BCUT2D eigenvalue weighted by molar-refractivity contribution is -0.187. The topological polar surface area (TPSA) is 52.0 Å². The molecule has 0 fully saturated rings. The Kier molecular flexibility index (Phi) is 2.39. The maximum absolute atomic E-state index is 12.7. The van der Waals surface area contributed by atoms with Crippen molar-refractivity contribution in [3.05, 3.63) is 23.4 Å². The van der Waals surface area contributed by atoms with Crippen molar-refractivity contribution in [2.24, 2.45) is 16.9 Å². The Hall–Kier alpha value is -0.970. The van der Waals surface area contributed by atoms with Crippen molar-refractivity contribution in [2.75, 3.05) is 0 Å². The van der Waals surface area contributed by atoms with Crippen molar-refractivity contribution in [1.82, 2.24) is 0 Å². The van der Waals surface area contributed by atoms with Crippen LogP contribution in [0.5, 0.6) is 0 Å². The van der Waals surface area contributed by atoms with E-state index in [1.54, 1.807) is 0 Å². The number of rotatable bonds is 0. The van der Waals surface area contributed by atoms with Crippen LogP contribution in [0.1, 0.15) is 13.8 Å². The number of hydrogen-bond acceptors (Lipinski definition) is 2. The normalized spacial score (nSPS) is 33.7. The van der Waals surface area contributed by atoms with Crippen LogP contribution in [-0.2, 0) is 0 Å². The SMILES string of the molecule is CC1=C(N)C(N)C=CC1(C)C(F)(F)F. The van der Waals surface area contributed by atoms with Gasteiger partial charge in [-0.15, -0.1) is 0 Å². The standard InChI is InChI=1S/C9H13F3N2/c1-5-7(14)6(13)3-4-8(5,2)9(10,11)12/h3-4,6H,13-14H2,1-2H3. The van der Waals surface area contributed by atoms with E-state index in [4.69, 9.17) is 11.5 Å². The van der Waals surface area contributed by atoms with Gasteiger partial charge in [0.05, 0.1) is 6.04 Å². The van der Waals surface area contributed by atoms with Crippen LogP contribution in [0.2, 0.25) is 0 Å². The summed E-state index contributed by atoms with van der Waals surface area (Å²) in [6, 6.07) is -0.606. The fourth-order valence-corrected chi connectivity index (χ4v) is 1.38. The lowest BCUT2D eigenvalue weighted by Gasteiger charge is -2.35. The lowest BCUT2D eigenvalue weighted by atomic mass is 9.76. The molecule has 0 radical (unpaired) electrons. The van der Waals surface area contributed by atoms with Gasteiger partial charge in [-0.2, -0.15) is 13.2 Å². The van der Waals surface area contributed by atoms with Crippen LogP contribution in [0.15, 0.2) is 23.4 Å². The van der Waals surface area contributed by atoms with E-state index in [0.717, 1.165) is 13.0 Å². The molecule has 0 spiro atoms. The van der Waals surface area contributed by atoms with Gasteiger partial charge in [-0.05, 0) is 19.4 Å². The van der Waals surface area contributed by atoms with Gasteiger partial charge in [-0.25, -0.2) is 0 Å². The highest BCUT2D eigenvalue weighted by Gasteiger charge is 2.52. The van der Waals surface area contributed by atoms with Gasteiger partial charge in [0.25, 0.3) is 0 Å². The largest absolute Gasteiger partial charge is 0.401 e. The van der Waals surface area contributed by atoms with Crippen molar-refractivity contribution in [1.29, 1.82) is 0 Å². The van der Waals surface area contributed by atoms with Crippen molar-refractivity contribution in [3.63, 3.8) is 0 Å². The molecule has 0 aromatic heterocycles. The highest BCUT2D eigenvalue weighted by Crippen LogP contribution is 2.47. The van der Waals surface area contributed by atoms with E-state index in [1.165, 1.54) is 13.0 Å². The maximum Gasteiger partial charge on any atom is 0.401 e. The van der Waals surface area contributed by atoms with Crippen LogP contribution in [0.3, 0.4) is 0 Å². The van der Waals surface area contributed by atoms with Crippen molar-refractivity contribution in [3.8, 4) is 0 Å². The molecule has 0 aromatic carbocycles. The Morgan fingerprint density at radius 1 is 1.43 bits per heavy atom. The minimum Gasteiger partial charge on any atom is -0.401 e. The van der Waals surface area contributed by atoms with E-state index in [1.807, 2.05) is 0 Å². The summed E-state index contributed by atoms with van der Waals surface area (Å²) in [5.41, 5.74) is 9.20. The van der Waals surface area contributed by atoms with Gasteiger partial charge in [0, 0.05) is 5.70 Å². The molecule has 2 unspecified atom stereocenters. The van der Waals surface area contributed by atoms with Crippen LogP contribution in [0.4, 0.5) is 13.2 Å². The number of halogens is 3. The quantitative estimate of drug-likeness (QED) is 0.592. The van der Waals surface area contributed by atoms with Crippen molar-refractivity contribution < 1.29 is 13.2 Å². The molecule has 14 heavy (non-hydrogen) atoms. The summed E-state index contributed by atoms with van der Waals surface area (Å²) in [6.07, 6.45) is -1.97. The van der Waals surface area contributed by atoms with Gasteiger partial charge >= 0.3 is 6.18 Å². The van der Waals surface area contributed by atoms with Gasteiger partial charge in [-0.1, -0.05) is 12.2 Å². The van der Waals surface area contributed by atoms with Crippen molar-refractivity contribution >= 4 is 0 Å². The molecule has 0 saturated carbocycles. The molecule has 2 nitrogen and oxygen atoms in total. The summed E-state index contributed by atoms with van der Waals surface area (Å²) in [4.78, 5) is 0. The summed E-state index contributed by atoms with van der Waals surface area (Å²) in [5.74, 6) is 0. The summed E-state index contributed by atoms with van der Waals surface area (Å²) < 4.78 is 38.1. The molecule has 0 saturated heterocycles. The second-order valence-corrected chi connectivity index (χ2v) is 3.67. The van der Waals surface area contributed by atoms with Crippen LogP contribution < -0.4 is 11.5 Å². The van der Waals surface area contributed by atoms with E-state index in [2.05, 4.69) is 0 Å². The Morgan fingerprint density at radius 3 is 2.36 bits per heavy atom. The second-order valence-electron chi connectivity index (χ2n) is 3.67. The average molecular weight is 206 g/mol. The minimum atomic E-state index is -4.33. The van der Waals surface area contributed by atoms with Crippen molar-refractivity contribution in [2.45, 2.75) is 26.1 Å². The lowest BCUT2D eigenvalue weighted by Crippen LogP contribution is -2.42. The molecule has 0 bridgehead atoms. The third kappa shape index (κ3) is 1.41. The van der Waals surface area contributed by atoms with Gasteiger partial charge in [0.1, 0.15) is 5.41 Å². The van der Waals surface area contributed by atoms with Crippen LogP contribution in [0, 0.1) is 5.41 Å². The van der Waals surface area contributed by atoms with Gasteiger partial charge in [-0.3, -0.25) is 0 Å². The zero-order chi connectivity index (χ0) is 11.1. The number of allylic oxidation sites excluding steroid dienone is 2. The van der Waals surface area contributed by atoms with E-state index in [0.29, 0.717) is 0 Å².